The van der Waals surface area contributed by atoms with E-state index in [1.165, 1.54) is 10.3 Å². The summed E-state index contributed by atoms with van der Waals surface area (Å²) in [5, 5.41) is 0. The molecule has 2 N–H and O–H groups in total. The lowest BCUT2D eigenvalue weighted by atomic mass is 10.5. The minimum atomic E-state index is -0.391. The van der Waals surface area contributed by atoms with Crippen LogP contribution < -0.4 is 11.3 Å². The van der Waals surface area contributed by atoms with Crippen molar-refractivity contribution in [1.29, 1.82) is 0 Å². The van der Waals surface area contributed by atoms with Gasteiger partial charge in [-0.05, 0) is 0 Å². The highest BCUT2D eigenvalue weighted by Gasteiger charge is 2.10. The lowest BCUT2D eigenvalue weighted by molar-refractivity contribution is 0.938. The lowest BCUT2D eigenvalue weighted by Gasteiger charge is -2.00. The second-order valence-electron chi connectivity index (χ2n) is 2.61. The van der Waals surface area contributed by atoms with Crippen LogP contribution in [0.15, 0.2) is 11.1 Å². The molecule has 0 fully saturated rings. The highest BCUT2D eigenvalue weighted by molar-refractivity contribution is 7.78. The molecule has 0 amide bonds. The maximum absolute atomic E-state index is 11.3. The normalized spacial score (nSPS) is 10.9. The maximum Gasteiger partial charge on any atom is 0.300 e. The molecule has 2 aromatic rings. The van der Waals surface area contributed by atoms with Crippen molar-refractivity contribution in [3.8, 4) is 0 Å². The van der Waals surface area contributed by atoms with Gasteiger partial charge in [-0.2, -0.15) is 4.98 Å². The molecule has 0 atom stereocenters. The van der Waals surface area contributed by atoms with Crippen LogP contribution in [0.2, 0.25) is 0 Å². The van der Waals surface area contributed by atoms with Gasteiger partial charge in [-0.25, -0.2) is 8.96 Å². The third-order valence-electron chi connectivity index (χ3n) is 1.75. The Hall–Kier alpha value is -1.50. The number of fused-ring (bicyclic) bond motifs is 1. The number of aryl methyl sites for hydroxylation is 1. The average molecular weight is 197 g/mol. The van der Waals surface area contributed by atoms with Gasteiger partial charge in [0.25, 0.3) is 0 Å². The van der Waals surface area contributed by atoms with Gasteiger partial charge < -0.3 is 10.3 Å². The zero-order valence-corrected chi connectivity index (χ0v) is 7.69. The first kappa shape index (κ1) is 8.11. The number of nitrogens with two attached hydrogens (primary N) is 1. The van der Waals surface area contributed by atoms with Gasteiger partial charge >= 0.3 is 5.56 Å². The maximum atomic E-state index is 11.3. The van der Waals surface area contributed by atoms with Crippen molar-refractivity contribution in [1.82, 2.24) is 18.5 Å². The predicted molar refractivity (Wildman–Crippen MR) is 51.6 cm³/mol. The SMILES string of the molecule is Cn1cnc2c1c(=O)nc(N)n2S. The van der Waals surface area contributed by atoms with Crippen molar-refractivity contribution in [3.63, 3.8) is 0 Å². The Morgan fingerprint density at radius 1 is 1.62 bits per heavy atom. The summed E-state index contributed by atoms with van der Waals surface area (Å²) < 4.78 is 2.85. The zero-order chi connectivity index (χ0) is 9.59. The van der Waals surface area contributed by atoms with Crippen molar-refractivity contribution in [2.24, 2.45) is 7.05 Å². The first-order valence-corrected chi connectivity index (χ1v) is 3.90. The number of imidazole rings is 1. The second-order valence-corrected chi connectivity index (χ2v) is 3.01. The lowest BCUT2D eigenvalue weighted by Crippen LogP contribution is -2.15. The number of nitrogens with zero attached hydrogens (tertiary/aromatic N) is 4. The zero-order valence-electron chi connectivity index (χ0n) is 6.80. The highest BCUT2D eigenvalue weighted by Crippen LogP contribution is 2.10. The van der Waals surface area contributed by atoms with Crippen LogP contribution in [-0.4, -0.2) is 18.5 Å². The largest absolute Gasteiger partial charge is 0.368 e. The van der Waals surface area contributed by atoms with E-state index in [1.54, 1.807) is 11.6 Å². The molecule has 0 unspecified atom stereocenters. The molecule has 0 bridgehead atoms. The first-order chi connectivity index (χ1) is 6.11. The van der Waals surface area contributed by atoms with Gasteiger partial charge in [0.2, 0.25) is 5.95 Å². The van der Waals surface area contributed by atoms with Gasteiger partial charge in [0, 0.05) is 7.05 Å². The summed E-state index contributed by atoms with van der Waals surface area (Å²) in [4.78, 5) is 18.9. The molecule has 0 aromatic carbocycles. The Balaban J connectivity index is 3.08. The van der Waals surface area contributed by atoms with E-state index in [0.29, 0.717) is 11.2 Å². The summed E-state index contributed by atoms with van der Waals surface area (Å²) >= 11 is 4.04. The first-order valence-electron chi connectivity index (χ1n) is 3.50. The summed E-state index contributed by atoms with van der Waals surface area (Å²) in [7, 11) is 1.71. The average Bonchev–Trinajstić information content (AvgIpc) is 2.44. The van der Waals surface area contributed by atoms with Crippen LogP contribution in [0.4, 0.5) is 5.95 Å². The van der Waals surface area contributed by atoms with E-state index in [9.17, 15) is 4.79 Å². The van der Waals surface area contributed by atoms with Crippen molar-refractivity contribution in [3.05, 3.63) is 16.7 Å². The Labute approximate surface area is 78.6 Å². The molecule has 2 heterocycles. The molecular weight excluding hydrogens is 190 g/mol. The van der Waals surface area contributed by atoms with E-state index in [1.807, 2.05) is 0 Å². The van der Waals surface area contributed by atoms with Gasteiger partial charge in [-0.3, -0.25) is 4.79 Å². The van der Waals surface area contributed by atoms with Crippen LogP contribution in [-0.2, 0) is 7.05 Å². The summed E-state index contributed by atoms with van der Waals surface area (Å²) in [5.74, 6) is 0.0412. The fraction of sp³-hybridized carbons (Fsp3) is 0.167. The second kappa shape index (κ2) is 2.49. The molecule has 0 saturated carbocycles. The van der Waals surface area contributed by atoms with Gasteiger partial charge in [-0.1, -0.05) is 12.8 Å². The van der Waals surface area contributed by atoms with Crippen molar-refractivity contribution >= 4 is 29.9 Å². The van der Waals surface area contributed by atoms with Crippen LogP contribution in [0.25, 0.3) is 11.2 Å². The smallest absolute Gasteiger partial charge is 0.300 e. The fourth-order valence-corrected chi connectivity index (χ4v) is 1.32. The molecule has 13 heavy (non-hydrogen) atoms. The number of aromatic nitrogens is 4. The van der Waals surface area contributed by atoms with E-state index < -0.39 is 5.56 Å². The minimum Gasteiger partial charge on any atom is -0.368 e. The third-order valence-corrected chi connectivity index (χ3v) is 2.15. The molecule has 2 rings (SSSR count). The number of rotatable bonds is 0. The molecule has 0 spiro atoms. The number of hydrogen-bond donors (Lipinski definition) is 2. The number of hydrogen-bond acceptors (Lipinski definition) is 5. The van der Waals surface area contributed by atoms with E-state index in [-0.39, 0.29) is 5.95 Å². The molecule has 0 aliphatic rings. The summed E-state index contributed by atoms with van der Waals surface area (Å²) in [6.07, 6.45) is 1.51. The number of anilines is 1. The summed E-state index contributed by atoms with van der Waals surface area (Å²) in [5.41, 5.74) is 5.84. The van der Waals surface area contributed by atoms with E-state index in [4.69, 9.17) is 5.73 Å². The highest BCUT2D eigenvalue weighted by atomic mass is 32.1. The number of thiol groups is 1. The van der Waals surface area contributed by atoms with Crippen LogP contribution in [0.3, 0.4) is 0 Å². The molecule has 0 radical (unpaired) electrons. The number of nitrogen functional groups attached to an aromatic ring is 1. The van der Waals surface area contributed by atoms with E-state index in [0.717, 1.165) is 0 Å². The van der Waals surface area contributed by atoms with Crippen molar-refractivity contribution in [2.45, 2.75) is 0 Å². The van der Waals surface area contributed by atoms with Crippen molar-refractivity contribution < 1.29 is 0 Å². The van der Waals surface area contributed by atoms with Gasteiger partial charge in [0.05, 0.1) is 6.33 Å². The monoisotopic (exact) mass is 197 g/mol. The Morgan fingerprint density at radius 2 is 2.31 bits per heavy atom. The van der Waals surface area contributed by atoms with Crippen molar-refractivity contribution in [2.75, 3.05) is 5.73 Å². The molecule has 0 aliphatic carbocycles. The Bertz CT molecular complexity index is 528. The predicted octanol–water partition coefficient (Wildman–Crippen LogP) is -0.595. The Kier molecular flexibility index (Phi) is 1.56. The molecule has 2 aromatic heterocycles. The third kappa shape index (κ3) is 1.00. The minimum absolute atomic E-state index is 0.0412. The fourth-order valence-electron chi connectivity index (χ4n) is 1.13. The topological polar surface area (TPSA) is 78.7 Å². The molecular formula is C6H7N5OS. The van der Waals surface area contributed by atoms with Crippen LogP contribution in [0.5, 0.6) is 0 Å². The summed E-state index contributed by atoms with van der Waals surface area (Å²) in [6, 6.07) is 0. The van der Waals surface area contributed by atoms with Gasteiger partial charge in [0.15, 0.2) is 11.2 Å². The standard InChI is InChI=1S/C6H7N5OS/c1-10-2-8-4-3(10)5(12)9-6(7)11(4)13/h2,13H,1H3,(H2,7,9,12). The van der Waals surface area contributed by atoms with Gasteiger partial charge in [0.1, 0.15) is 0 Å². The summed E-state index contributed by atoms with van der Waals surface area (Å²) in [6.45, 7) is 0. The van der Waals surface area contributed by atoms with E-state index in [2.05, 4.69) is 22.8 Å². The van der Waals surface area contributed by atoms with Crippen LogP contribution in [0.1, 0.15) is 0 Å². The molecule has 7 heteroatoms. The van der Waals surface area contributed by atoms with Crippen LogP contribution >= 0.6 is 12.8 Å². The van der Waals surface area contributed by atoms with Crippen LogP contribution in [0, 0.1) is 0 Å². The molecule has 6 nitrogen and oxygen atoms in total. The quantitative estimate of drug-likeness (QED) is 0.553. The van der Waals surface area contributed by atoms with E-state index >= 15 is 0 Å². The molecule has 68 valence electrons. The Morgan fingerprint density at radius 3 is 3.00 bits per heavy atom. The molecule has 0 aliphatic heterocycles. The molecule has 0 saturated heterocycles. The van der Waals surface area contributed by atoms with Gasteiger partial charge in [-0.15, -0.1) is 0 Å².